The van der Waals surface area contributed by atoms with Gasteiger partial charge in [-0.25, -0.2) is 9.97 Å². The number of likely N-dealkylation sites (tertiary alicyclic amines) is 1. The number of nitrogens with one attached hydrogen (secondary N) is 3. The molecule has 3 N–H and O–H groups in total. The van der Waals surface area contributed by atoms with Crippen LogP contribution in [0.5, 0.6) is 0 Å². The van der Waals surface area contributed by atoms with E-state index in [0.29, 0.717) is 18.1 Å². The lowest BCUT2D eigenvalue weighted by atomic mass is 10.0. The zero-order valence-electron chi connectivity index (χ0n) is 31.3. The monoisotopic (exact) mass is 722 g/mol. The lowest BCUT2D eigenvalue weighted by Gasteiger charge is -2.31. The summed E-state index contributed by atoms with van der Waals surface area (Å²) in [4.78, 5) is 49.0. The minimum absolute atomic E-state index is 0.0747. The highest BCUT2D eigenvalue weighted by Gasteiger charge is 2.37. The van der Waals surface area contributed by atoms with Gasteiger partial charge in [0.05, 0.1) is 41.6 Å². The fourth-order valence-corrected chi connectivity index (χ4v) is 7.24. The van der Waals surface area contributed by atoms with E-state index >= 15 is 0 Å². The van der Waals surface area contributed by atoms with E-state index in [9.17, 15) is 9.59 Å². The van der Waals surface area contributed by atoms with Crippen molar-refractivity contribution in [1.29, 1.82) is 0 Å². The Labute approximate surface area is 315 Å². The number of imidazole rings is 2. The molecule has 3 aromatic heterocycles. The lowest BCUT2D eigenvalue weighted by molar-refractivity contribution is -0.137. The summed E-state index contributed by atoms with van der Waals surface area (Å²) in [5, 5.41) is 12.2. The lowest BCUT2D eigenvalue weighted by Crippen LogP contribution is -2.40. The second kappa shape index (κ2) is 15.9. The van der Waals surface area contributed by atoms with Crippen molar-refractivity contribution in [1.82, 2.24) is 50.1 Å². The van der Waals surface area contributed by atoms with Crippen LogP contribution in [-0.2, 0) is 9.59 Å². The van der Waals surface area contributed by atoms with Crippen LogP contribution in [0.1, 0.15) is 66.7 Å². The normalized spacial score (nSPS) is 16.1. The highest BCUT2D eigenvalue weighted by atomic mass is 16.2. The fraction of sp³-hybridized carbons (Fsp3) is 0.286. The Morgan fingerprint density at radius 3 is 1.94 bits per heavy atom. The molecule has 0 spiro atoms. The Morgan fingerprint density at radius 1 is 0.722 bits per heavy atom. The third-order valence-electron chi connectivity index (χ3n) is 9.99. The van der Waals surface area contributed by atoms with E-state index in [0.717, 1.165) is 58.0 Å². The van der Waals surface area contributed by atoms with E-state index in [2.05, 4.69) is 30.5 Å². The zero-order chi connectivity index (χ0) is 37.8. The van der Waals surface area contributed by atoms with E-state index in [-0.39, 0.29) is 29.9 Å². The van der Waals surface area contributed by atoms with Crippen LogP contribution in [0.15, 0.2) is 109 Å². The van der Waals surface area contributed by atoms with Gasteiger partial charge >= 0.3 is 0 Å². The minimum Gasteiger partial charge on any atom is -0.345 e. The summed E-state index contributed by atoms with van der Waals surface area (Å²) in [5.41, 5.74) is 6.81. The maximum absolute atomic E-state index is 13.9. The average Bonchev–Trinajstić information content (AvgIpc) is 3.98. The second-order valence-corrected chi connectivity index (χ2v) is 14.2. The molecule has 1 aliphatic heterocycles. The molecule has 276 valence electrons. The summed E-state index contributed by atoms with van der Waals surface area (Å²) in [6.45, 7) is 2.61. The van der Waals surface area contributed by atoms with Gasteiger partial charge in [-0.2, -0.15) is 0 Å². The molecule has 12 heteroatoms. The van der Waals surface area contributed by atoms with Crippen molar-refractivity contribution in [3.05, 3.63) is 132 Å². The van der Waals surface area contributed by atoms with Crippen LogP contribution in [0.3, 0.4) is 0 Å². The van der Waals surface area contributed by atoms with Gasteiger partial charge in [0.25, 0.3) is 0 Å². The molecule has 1 unspecified atom stereocenters. The van der Waals surface area contributed by atoms with E-state index in [4.69, 9.17) is 4.98 Å². The molecule has 6 aromatic rings. The SMILES string of the molecule is C[C@H](NC(=O)[C@@H](c1ccccc1)N(C)C)c1ncc(-c2ccc(-c3ccc(-c4cnc(C5CCCN5C(=O)[C@H](c5ccccc5)N(C)C)[nH]4)nn3)cc2)[nH]1. The first kappa shape index (κ1) is 36.4. The van der Waals surface area contributed by atoms with Gasteiger partial charge in [0, 0.05) is 12.1 Å². The zero-order valence-corrected chi connectivity index (χ0v) is 31.3. The van der Waals surface area contributed by atoms with E-state index in [1.165, 1.54) is 0 Å². The summed E-state index contributed by atoms with van der Waals surface area (Å²) < 4.78 is 0. The van der Waals surface area contributed by atoms with Crippen molar-refractivity contribution < 1.29 is 9.59 Å². The number of carbonyl (C=O) groups is 2. The van der Waals surface area contributed by atoms with E-state index < -0.39 is 6.04 Å². The first-order valence-electron chi connectivity index (χ1n) is 18.3. The minimum atomic E-state index is -0.411. The number of carbonyl (C=O) groups excluding carboxylic acids is 2. The third-order valence-corrected chi connectivity index (χ3v) is 9.99. The Morgan fingerprint density at radius 2 is 1.31 bits per heavy atom. The number of amides is 2. The topological polar surface area (TPSA) is 139 Å². The molecule has 1 saturated heterocycles. The van der Waals surface area contributed by atoms with Crippen LogP contribution in [-0.4, -0.2) is 91.4 Å². The Bertz CT molecular complexity index is 2160. The number of benzene rings is 3. The maximum Gasteiger partial charge on any atom is 0.245 e. The molecule has 0 bridgehead atoms. The highest BCUT2D eigenvalue weighted by Crippen LogP contribution is 2.35. The molecule has 1 fully saturated rings. The Balaban J connectivity index is 0.992. The fourth-order valence-electron chi connectivity index (χ4n) is 7.24. The molecule has 54 heavy (non-hydrogen) atoms. The summed E-state index contributed by atoms with van der Waals surface area (Å²) >= 11 is 0. The Kier molecular flexibility index (Phi) is 10.7. The molecule has 0 radical (unpaired) electrons. The quantitative estimate of drug-likeness (QED) is 0.133. The van der Waals surface area contributed by atoms with Crippen molar-refractivity contribution in [3.63, 3.8) is 0 Å². The van der Waals surface area contributed by atoms with Crippen LogP contribution in [0.4, 0.5) is 0 Å². The first-order chi connectivity index (χ1) is 26.2. The maximum atomic E-state index is 13.9. The molecule has 4 atom stereocenters. The van der Waals surface area contributed by atoms with Gasteiger partial charge in [-0.1, -0.05) is 84.9 Å². The first-order valence-corrected chi connectivity index (χ1v) is 18.3. The number of likely N-dealkylation sites (N-methyl/N-ethyl adjacent to an activating group) is 2. The largest absolute Gasteiger partial charge is 0.345 e. The van der Waals surface area contributed by atoms with Crippen LogP contribution < -0.4 is 5.32 Å². The van der Waals surface area contributed by atoms with Crippen LogP contribution >= 0.6 is 0 Å². The molecule has 4 heterocycles. The molecule has 3 aromatic carbocycles. The van der Waals surface area contributed by atoms with Gasteiger partial charge in [-0.3, -0.25) is 19.4 Å². The summed E-state index contributed by atoms with van der Waals surface area (Å²) in [7, 11) is 7.68. The summed E-state index contributed by atoms with van der Waals surface area (Å²) in [6, 6.07) is 30.3. The molecule has 1 aliphatic rings. The standard InChI is InChI=1S/C42H46N10O2/c1-27(45-41(53)37(50(2)3)30-13-8-6-9-14-30)39-43-25-34(46-39)29-20-18-28(19-21-29)32-22-23-33(49-48-32)35-26-44-40(47-35)36-17-12-24-52(36)42(54)38(51(4)5)31-15-10-7-11-16-31/h6-11,13-16,18-23,25-27,36-38H,12,17,24H2,1-5H3,(H,43,46)(H,44,47)(H,45,53)/t27-,36?,37+,38-/m0/s1. The van der Waals surface area contributed by atoms with E-state index in [1.54, 1.807) is 12.4 Å². The average molecular weight is 723 g/mol. The number of nitrogens with zero attached hydrogens (tertiary/aromatic N) is 7. The molecular formula is C42H46N10O2. The molecular weight excluding hydrogens is 677 g/mol. The predicted octanol–water partition coefficient (Wildman–Crippen LogP) is 6.37. The van der Waals surface area contributed by atoms with Gasteiger partial charge in [-0.15, -0.1) is 10.2 Å². The van der Waals surface area contributed by atoms with Gasteiger partial charge in [0.2, 0.25) is 11.8 Å². The summed E-state index contributed by atoms with van der Waals surface area (Å²) in [6.07, 6.45) is 5.31. The van der Waals surface area contributed by atoms with Crippen molar-refractivity contribution in [2.75, 3.05) is 34.7 Å². The Hall–Kier alpha value is -5.98. The number of H-pyrrole nitrogens is 2. The molecule has 7 rings (SSSR count). The van der Waals surface area contributed by atoms with Gasteiger partial charge < -0.3 is 20.2 Å². The van der Waals surface area contributed by atoms with Crippen LogP contribution in [0.25, 0.3) is 33.9 Å². The van der Waals surface area contributed by atoms with Crippen molar-refractivity contribution in [2.24, 2.45) is 0 Å². The van der Waals surface area contributed by atoms with Gasteiger partial charge in [0.1, 0.15) is 29.4 Å². The predicted molar refractivity (Wildman–Crippen MR) is 209 cm³/mol. The van der Waals surface area contributed by atoms with Gasteiger partial charge in [0.15, 0.2) is 0 Å². The van der Waals surface area contributed by atoms with Crippen molar-refractivity contribution in [2.45, 2.75) is 43.9 Å². The molecule has 0 saturated carbocycles. The van der Waals surface area contributed by atoms with Crippen LogP contribution in [0.2, 0.25) is 0 Å². The van der Waals surface area contributed by atoms with Gasteiger partial charge in [-0.05, 0) is 76.8 Å². The summed E-state index contributed by atoms with van der Waals surface area (Å²) in [5.74, 6) is 1.41. The highest BCUT2D eigenvalue weighted by molar-refractivity contribution is 5.84. The molecule has 2 amide bonds. The number of aromatic amines is 2. The number of rotatable bonds is 12. The molecule has 12 nitrogen and oxygen atoms in total. The smallest absolute Gasteiger partial charge is 0.245 e. The number of aromatic nitrogens is 6. The molecule has 0 aliphatic carbocycles. The number of hydrogen-bond acceptors (Lipinski definition) is 8. The van der Waals surface area contributed by atoms with E-state index in [1.807, 2.05) is 147 Å². The number of hydrogen-bond donors (Lipinski definition) is 3. The van der Waals surface area contributed by atoms with Crippen molar-refractivity contribution >= 4 is 11.8 Å². The third kappa shape index (κ3) is 7.71. The van der Waals surface area contributed by atoms with Crippen LogP contribution in [0, 0.1) is 0 Å². The second-order valence-electron chi connectivity index (χ2n) is 14.2. The van der Waals surface area contributed by atoms with Crippen molar-refractivity contribution in [3.8, 4) is 33.9 Å².